The maximum atomic E-state index is 9.41. The van der Waals surface area contributed by atoms with Crippen molar-refractivity contribution in [2.24, 2.45) is 23.0 Å². The summed E-state index contributed by atoms with van der Waals surface area (Å²) in [5.74, 6) is 0.968. The molecule has 0 rings (SSSR count). The second-order valence-corrected chi connectivity index (χ2v) is 5.57. The number of aliphatic hydroxyl groups is 1. The third-order valence-corrected chi connectivity index (χ3v) is 3.80. The third-order valence-electron chi connectivity index (χ3n) is 3.80. The molecule has 0 fully saturated rings. The van der Waals surface area contributed by atoms with Crippen LogP contribution in [0, 0.1) is 17.3 Å². The Balaban J connectivity index is 4.43. The second kappa shape index (κ2) is 5.55. The van der Waals surface area contributed by atoms with Crippen LogP contribution in [0.1, 0.15) is 47.5 Å². The number of allylic oxidation sites excluding steroid dienone is 1. The molecule has 0 aromatic heterocycles. The summed E-state index contributed by atoms with van der Waals surface area (Å²) in [4.78, 5) is 0. The van der Waals surface area contributed by atoms with E-state index in [2.05, 4.69) is 34.3 Å². The van der Waals surface area contributed by atoms with Crippen molar-refractivity contribution >= 4 is 0 Å². The van der Waals surface area contributed by atoms with Crippen molar-refractivity contribution in [3.8, 4) is 0 Å². The van der Waals surface area contributed by atoms with Crippen LogP contribution in [0.4, 0.5) is 0 Å². The fraction of sp³-hybridized carbons (Fsp3) is 0.846. The Bertz CT molecular complexity index is 209. The fourth-order valence-electron chi connectivity index (χ4n) is 1.96. The summed E-state index contributed by atoms with van der Waals surface area (Å²) in [6.07, 6.45) is 1.47. The molecule has 3 unspecified atom stereocenters. The summed E-state index contributed by atoms with van der Waals surface area (Å²) in [6.45, 7) is 14.5. The van der Waals surface area contributed by atoms with Gasteiger partial charge in [0.05, 0.1) is 6.10 Å². The van der Waals surface area contributed by atoms with E-state index in [9.17, 15) is 5.11 Å². The van der Waals surface area contributed by atoms with E-state index < -0.39 is 0 Å². The minimum Gasteiger partial charge on any atom is -0.403 e. The molecule has 0 aromatic carbocycles. The summed E-state index contributed by atoms with van der Waals surface area (Å²) >= 11 is 0. The molecule has 0 saturated carbocycles. The molecule has 0 aliphatic carbocycles. The van der Waals surface area contributed by atoms with Crippen molar-refractivity contribution < 1.29 is 5.11 Å². The lowest BCUT2D eigenvalue weighted by molar-refractivity contribution is 0.0790. The van der Waals surface area contributed by atoms with E-state index in [0.717, 1.165) is 18.5 Å². The van der Waals surface area contributed by atoms with Crippen LogP contribution < -0.4 is 5.73 Å². The Kier molecular flexibility index (Phi) is 5.36. The first-order chi connectivity index (χ1) is 6.67. The summed E-state index contributed by atoms with van der Waals surface area (Å²) < 4.78 is 0. The highest BCUT2D eigenvalue weighted by Crippen LogP contribution is 2.39. The molecule has 0 radical (unpaired) electrons. The predicted molar refractivity (Wildman–Crippen MR) is 66.4 cm³/mol. The lowest BCUT2D eigenvalue weighted by Crippen LogP contribution is -2.32. The van der Waals surface area contributed by atoms with Crippen LogP contribution in [-0.2, 0) is 0 Å². The smallest absolute Gasteiger partial charge is 0.0514 e. The number of rotatable bonds is 6. The molecular weight excluding hydrogens is 186 g/mol. The third kappa shape index (κ3) is 4.70. The molecule has 0 saturated heterocycles. The van der Waals surface area contributed by atoms with Crippen LogP contribution in [0.15, 0.2) is 12.3 Å². The highest BCUT2D eigenvalue weighted by atomic mass is 16.3. The average molecular weight is 213 g/mol. The van der Waals surface area contributed by atoms with Gasteiger partial charge in [-0.3, -0.25) is 0 Å². The number of aliphatic hydroxyl groups excluding tert-OH is 1. The van der Waals surface area contributed by atoms with Crippen molar-refractivity contribution in [2.45, 2.75) is 53.6 Å². The van der Waals surface area contributed by atoms with Crippen LogP contribution in [0.25, 0.3) is 0 Å². The molecule has 15 heavy (non-hydrogen) atoms. The molecule has 2 nitrogen and oxygen atoms in total. The minimum absolute atomic E-state index is 0.180. The van der Waals surface area contributed by atoms with Crippen LogP contribution >= 0.6 is 0 Å². The standard InChI is InChI=1S/C13H27NO/c1-9(7-11(3)14)13(5,6)10(2)8-12(4)15/h9-10,12,15H,3,7-8,14H2,1-2,4-6H3. The molecule has 0 aliphatic rings. The number of hydrogen-bond donors (Lipinski definition) is 2. The molecule has 2 heteroatoms. The van der Waals surface area contributed by atoms with Gasteiger partial charge in [0.25, 0.3) is 0 Å². The van der Waals surface area contributed by atoms with E-state index in [1.165, 1.54) is 0 Å². The van der Waals surface area contributed by atoms with Gasteiger partial charge in [-0.15, -0.1) is 0 Å². The molecule has 90 valence electrons. The fourth-order valence-corrected chi connectivity index (χ4v) is 1.96. The van der Waals surface area contributed by atoms with Gasteiger partial charge in [-0.05, 0) is 37.0 Å². The zero-order valence-electron chi connectivity index (χ0n) is 10.9. The molecule has 0 spiro atoms. The maximum absolute atomic E-state index is 9.41. The van der Waals surface area contributed by atoms with E-state index in [4.69, 9.17) is 5.73 Å². The lowest BCUT2D eigenvalue weighted by atomic mass is 9.68. The monoisotopic (exact) mass is 213 g/mol. The Labute approximate surface area is 94.6 Å². The highest BCUT2D eigenvalue weighted by Gasteiger charge is 2.32. The molecule has 0 aliphatic heterocycles. The first-order valence-electron chi connectivity index (χ1n) is 5.79. The molecule has 3 atom stereocenters. The normalized spacial score (nSPS) is 18.3. The van der Waals surface area contributed by atoms with Gasteiger partial charge in [-0.25, -0.2) is 0 Å². The van der Waals surface area contributed by atoms with E-state index in [-0.39, 0.29) is 11.5 Å². The Morgan fingerprint density at radius 2 is 1.73 bits per heavy atom. The van der Waals surface area contributed by atoms with Gasteiger partial charge < -0.3 is 10.8 Å². The Morgan fingerprint density at radius 3 is 2.07 bits per heavy atom. The summed E-state index contributed by atoms with van der Waals surface area (Å²) in [5.41, 5.74) is 6.58. The first-order valence-corrected chi connectivity index (χ1v) is 5.79. The van der Waals surface area contributed by atoms with Crippen molar-refractivity contribution in [2.75, 3.05) is 0 Å². The van der Waals surface area contributed by atoms with Crippen LogP contribution in [0.5, 0.6) is 0 Å². The largest absolute Gasteiger partial charge is 0.403 e. The van der Waals surface area contributed by atoms with Gasteiger partial charge in [0.2, 0.25) is 0 Å². The van der Waals surface area contributed by atoms with E-state index >= 15 is 0 Å². The predicted octanol–water partition coefficient (Wildman–Crippen LogP) is 2.92. The maximum Gasteiger partial charge on any atom is 0.0514 e. The SMILES string of the molecule is C=C(N)CC(C)C(C)(C)C(C)CC(C)O. The minimum atomic E-state index is -0.229. The summed E-state index contributed by atoms with van der Waals surface area (Å²) in [7, 11) is 0. The zero-order valence-corrected chi connectivity index (χ0v) is 10.9. The van der Waals surface area contributed by atoms with Crippen molar-refractivity contribution in [3.63, 3.8) is 0 Å². The van der Waals surface area contributed by atoms with Crippen molar-refractivity contribution in [1.82, 2.24) is 0 Å². The van der Waals surface area contributed by atoms with Gasteiger partial charge in [0, 0.05) is 5.70 Å². The average Bonchev–Trinajstić information content (AvgIpc) is 2.01. The summed E-state index contributed by atoms with van der Waals surface area (Å²) in [6, 6.07) is 0. The van der Waals surface area contributed by atoms with E-state index in [0.29, 0.717) is 11.8 Å². The van der Waals surface area contributed by atoms with Crippen molar-refractivity contribution in [1.29, 1.82) is 0 Å². The van der Waals surface area contributed by atoms with Crippen LogP contribution in [-0.4, -0.2) is 11.2 Å². The lowest BCUT2D eigenvalue weighted by Gasteiger charge is -2.38. The zero-order chi connectivity index (χ0) is 12.2. The van der Waals surface area contributed by atoms with Gasteiger partial charge in [0.1, 0.15) is 0 Å². The quantitative estimate of drug-likeness (QED) is 0.712. The van der Waals surface area contributed by atoms with Gasteiger partial charge in [-0.1, -0.05) is 34.3 Å². The molecule has 3 N–H and O–H groups in total. The van der Waals surface area contributed by atoms with Crippen LogP contribution in [0.3, 0.4) is 0 Å². The van der Waals surface area contributed by atoms with E-state index in [1.807, 2.05) is 6.92 Å². The summed E-state index contributed by atoms with van der Waals surface area (Å²) in [5, 5.41) is 9.41. The van der Waals surface area contributed by atoms with Crippen molar-refractivity contribution in [3.05, 3.63) is 12.3 Å². The molecular formula is C13H27NO. The Hall–Kier alpha value is -0.500. The molecule has 0 bridgehead atoms. The number of hydrogen-bond acceptors (Lipinski definition) is 2. The number of nitrogens with two attached hydrogens (primary N) is 1. The van der Waals surface area contributed by atoms with Gasteiger partial charge in [0.15, 0.2) is 0 Å². The van der Waals surface area contributed by atoms with Crippen LogP contribution in [0.2, 0.25) is 0 Å². The topological polar surface area (TPSA) is 46.2 Å². The molecule has 0 heterocycles. The Morgan fingerprint density at radius 1 is 1.27 bits per heavy atom. The molecule has 0 aromatic rings. The van der Waals surface area contributed by atoms with E-state index in [1.54, 1.807) is 0 Å². The highest BCUT2D eigenvalue weighted by molar-refractivity contribution is 4.93. The first kappa shape index (κ1) is 14.5. The second-order valence-electron chi connectivity index (χ2n) is 5.57. The van der Waals surface area contributed by atoms with Gasteiger partial charge in [-0.2, -0.15) is 0 Å². The molecule has 0 amide bonds. The van der Waals surface area contributed by atoms with Gasteiger partial charge >= 0.3 is 0 Å².